The highest BCUT2D eigenvalue weighted by molar-refractivity contribution is 5.58. The molecule has 2 rings (SSSR count). The van der Waals surface area contributed by atoms with Crippen LogP contribution in [0, 0.1) is 11.3 Å². The number of nitrogens with two attached hydrogens (primary N) is 1. The Kier molecular flexibility index (Phi) is 3.44. The van der Waals surface area contributed by atoms with E-state index in [9.17, 15) is 0 Å². The molecule has 0 aliphatic rings. The second-order valence-corrected chi connectivity index (χ2v) is 4.08. The van der Waals surface area contributed by atoms with E-state index in [0.717, 1.165) is 11.3 Å². The SMILES string of the molecule is CN(Cc1ccc(N)nc1)c1ccccc1C#N. The number of hydrogen-bond acceptors (Lipinski definition) is 4. The molecule has 1 heterocycles. The van der Waals surface area contributed by atoms with Gasteiger partial charge in [0.05, 0.1) is 11.3 Å². The normalized spacial score (nSPS) is 9.78. The van der Waals surface area contributed by atoms with Gasteiger partial charge in [-0.2, -0.15) is 5.26 Å². The topological polar surface area (TPSA) is 65.9 Å². The molecule has 0 bridgehead atoms. The summed E-state index contributed by atoms with van der Waals surface area (Å²) in [6, 6.07) is 13.4. The fourth-order valence-electron chi connectivity index (χ4n) is 1.79. The van der Waals surface area contributed by atoms with E-state index < -0.39 is 0 Å². The molecule has 0 radical (unpaired) electrons. The number of aromatic nitrogens is 1. The van der Waals surface area contributed by atoms with Crippen LogP contribution >= 0.6 is 0 Å². The standard InChI is InChI=1S/C14H14N4/c1-18(10-11-6-7-14(16)17-9-11)13-5-3-2-4-12(13)8-15/h2-7,9H,10H2,1H3,(H2,16,17). The van der Waals surface area contributed by atoms with Gasteiger partial charge in [0.2, 0.25) is 0 Å². The molecule has 4 nitrogen and oxygen atoms in total. The lowest BCUT2D eigenvalue weighted by atomic mass is 10.1. The van der Waals surface area contributed by atoms with Gasteiger partial charge in [0, 0.05) is 19.8 Å². The molecular formula is C14H14N4. The van der Waals surface area contributed by atoms with Crippen LogP contribution in [0.1, 0.15) is 11.1 Å². The van der Waals surface area contributed by atoms with Crippen LogP contribution in [0.4, 0.5) is 11.5 Å². The lowest BCUT2D eigenvalue weighted by Crippen LogP contribution is -2.17. The Morgan fingerprint density at radius 1 is 1.28 bits per heavy atom. The number of anilines is 2. The van der Waals surface area contributed by atoms with Gasteiger partial charge < -0.3 is 10.6 Å². The Labute approximate surface area is 106 Å². The van der Waals surface area contributed by atoms with Crippen LogP contribution in [0.25, 0.3) is 0 Å². The second kappa shape index (κ2) is 5.19. The van der Waals surface area contributed by atoms with Crippen molar-refractivity contribution in [3.8, 4) is 6.07 Å². The minimum Gasteiger partial charge on any atom is -0.384 e. The molecule has 90 valence electrons. The third-order valence-corrected chi connectivity index (χ3v) is 2.70. The molecule has 18 heavy (non-hydrogen) atoms. The number of rotatable bonds is 3. The highest BCUT2D eigenvalue weighted by Crippen LogP contribution is 2.19. The van der Waals surface area contributed by atoms with Gasteiger partial charge in [-0.1, -0.05) is 18.2 Å². The molecule has 0 aliphatic carbocycles. The summed E-state index contributed by atoms with van der Waals surface area (Å²) in [7, 11) is 1.95. The highest BCUT2D eigenvalue weighted by atomic mass is 15.1. The van der Waals surface area contributed by atoms with Gasteiger partial charge in [0.25, 0.3) is 0 Å². The first-order valence-electron chi connectivity index (χ1n) is 5.61. The van der Waals surface area contributed by atoms with Gasteiger partial charge in [0.1, 0.15) is 11.9 Å². The lowest BCUT2D eigenvalue weighted by Gasteiger charge is -2.20. The van der Waals surface area contributed by atoms with E-state index in [1.54, 1.807) is 12.3 Å². The monoisotopic (exact) mass is 238 g/mol. The van der Waals surface area contributed by atoms with Crippen molar-refractivity contribution in [2.75, 3.05) is 17.7 Å². The summed E-state index contributed by atoms with van der Waals surface area (Å²) in [6.07, 6.45) is 1.75. The van der Waals surface area contributed by atoms with Crippen molar-refractivity contribution in [2.45, 2.75) is 6.54 Å². The number of nitriles is 1. The summed E-state index contributed by atoms with van der Waals surface area (Å²) in [6.45, 7) is 0.686. The molecule has 0 unspecified atom stereocenters. The van der Waals surface area contributed by atoms with E-state index in [-0.39, 0.29) is 0 Å². The zero-order valence-corrected chi connectivity index (χ0v) is 10.2. The fraction of sp³-hybridized carbons (Fsp3) is 0.143. The number of pyridine rings is 1. The lowest BCUT2D eigenvalue weighted by molar-refractivity contribution is 0.914. The average molecular weight is 238 g/mol. The maximum Gasteiger partial charge on any atom is 0.123 e. The summed E-state index contributed by atoms with van der Waals surface area (Å²) in [5.41, 5.74) is 8.19. The number of nitrogen functional groups attached to an aromatic ring is 1. The molecule has 0 aliphatic heterocycles. The number of nitrogens with zero attached hydrogens (tertiary/aromatic N) is 3. The maximum atomic E-state index is 9.06. The second-order valence-electron chi connectivity index (χ2n) is 4.08. The van der Waals surface area contributed by atoms with Crippen LogP contribution in [0.5, 0.6) is 0 Å². The predicted octanol–water partition coefficient (Wildman–Crippen LogP) is 2.17. The number of para-hydroxylation sites is 1. The van der Waals surface area contributed by atoms with E-state index in [1.807, 2.05) is 42.3 Å². The largest absolute Gasteiger partial charge is 0.384 e. The van der Waals surface area contributed by atoms with E-state index in [2.05, 4.69) is 11.1 Å². The Bertz CT molecular complexity index is 569. The summed E-state index contributed by atoms with van der Waals surface area (Å²) in [5.74, 6) is 0.513. The van der Waals surface area contributed by atoms with Crippen LogP contribution in [-0.2, 0) is 6.54 Å². The first-order chi connectivity index (χ1) is 8.70. The first-order valence-corrected chi connectivity index (χ1v) is 5.61. The summed E-state index contributed by atoms with van der Waals surface area (Å²) in [5, 5.41) is 9.06. The van der Waals surface area contributed by atoms with Gasteiger partial charge in [-0.3, -0.25) is 0 Å². The van der Waals surface area contributed by atoms with Gasteiger partial charge in [-0.25, -0.2) is 4.98 Å². The van der Waals surface area contributed by atoms with Crippen LogP contribution < -0.4 is 10.6 Å². The van der Waals surface area contributed by atoms with Crippen molar-refractivity contribution < 1.29 is 0 Å². The molecular weight excluding hydrogens is 224 g/mol. The van der Waals surface area contributed by atoms with E-state index >= 15 is 0 Å². The number of hydrogen-bond donors (Lipinski definition) is 1. The Hall–Kier alpha value is -2.54. The van der Waals surface area contributed by atoms with E-state index in [1.165, 1.54) is 0 Å². The van der Waals surface area contributed by atoms with E-state index in [4.69, 9.17) is 11.0 Å². The van der Waals surface area contributed by atoms with Crippen LogP contribution in [0.3, 0.4) is 0 Å². The minimum atomic E-state index is 0.513. The molecule has 1 aromatic carbocycles. The Balaban J connectivity index is 2.19. The number of benzene rings is 1. The van der Waals surface area contributed by atoms with Crippen LogP contribution in [-0.4, -0.2) is 12.0 Å². The first kappa shape index (κ1) is 11.9. The van der Waals surface area contributed by atoms with Crippen molar-refractivity contribution >= 4 is 11.5 Å². The molecule has 0 saturated heterocycles. The van der Waals surface area contributed by atoms with Crippen molar-refractivity contribution in [3.63, 3.8) is 0 Å². The molecule has 1 aromatic heterocycles. The minimum absolute atomic E-state index is 0.513. The molecule has 0 fully saturated rings. The molecule has 0 amide bonds. The fourth-order valence-corrected chi connectivity index (χ4v) is 1.79. The van der Waals surface area contributed by atoms with Crippen molar-refractivity contribution in [1.29, 1.82) is 5.26 Å². The van der Waals surface area contributed by atoms with Crippen LogP contribution in [0.2, 0.25) is 0 Å². The molecule has 0 atom stereocenters. The summed E-state index contributed by atoms with van der Waals surface area (Å²) < 4.78 is 0. The Morgan fingerprint density at radius 3 is 2.72 bits per heavy atom. The smallest absolute Gasteiger partial charge is 0.123 e. The predicted molar refractivity (Wildman–Crippen MR) is 71.9 cm³/mol. The van der Waals surface area contributed by atoms with Gasteiger partial charge in [-0.05, 0) is 23.8 Å². The summed E-state index contributed by atoms with van der Waals surface area (Å²) >= 11 is 0. The highest BCUT2D eigenvalue weighted by Gasteiger charge is 2.07. The third kappa shape index (κ3) is 2.58. The van der Waals surface area contributed by atoms with Crippen molar-refractivity contribution in [3.05, 3.63) is 53.7 Å². The third-order valence-electron chi connectivity index (χ3n) is 2.70. The molecule has 4 heteroatoms. The van der Waals surface area contributed by atoms with Crippen LogP contribution in [0.15, 0.2) is 42.6 Å². The van der Waals surface area contributed by atoms with Crippen molar-refractivity contribution in [2.24, 2.45) is 0 Å². The van der Waals surface area contributed by atoms with Gasteiger partial charge >= 0.3 is 0 Å². The maximum absolute atomic E-state index is 9.06. The quantitative estimate of drug-likeness (QED) is 0.890. The summed E-state index contributed by atoms with van der Waals surface area (Å²) in [4.78, 5) is 6.07. The molecule has 0 saturated carbocycles. The van der Waals surface area contributed by atoms with E-state index in [0.29, 0.717) is 17.9 Å². The van der Waals surface area contributed by atoms with Gasteiger partial charge in [-0.15, -0.1) is 0 Å². The van der Waals surface area contributed by atoms with Gasteiger partial charge in [0.15, 0.2) is 0 Å². The molecule has 0 spiro atoms. The Morgan fingerprint density at radius 2 is 2.06 bits per heavy atom. The molecule has 2 aromatic rings. The molecule has 2 N–H and O–H groups in total. The zero-order chi connectivity index (χ0) is 13.0. The zero-order valence-electron chi connectivity index (χ0n) is 10.2. The van der Waals surface area contributed by atoms with Crippen molar-refractivity contribution in [1.82, 2.24) is 4.98 Å². The average Bonchev–Trinajstić information content (AvgIpc) is 2.41.